The van der Waals surface area contributed by atoms with Gasteiger partial charge in [0.1, 0.15) is 0 Å². The van der Waals surface area contributed by atoms with Gasteiger partial charge in [-0.15, -0.1) is 35.3 Å². The predicted octanol–water partition coefficient (Wildman–Crippen LogP) is 4.57. The van der Waals surface area contributed by atoms with Crippen LogP contribution in [0.5, 0.6) is 0 Å². The lowest BCUT2D eigenvalue weighted by Gasteiger charge is -2.39. The summed E-state index contributed by atoms with van der Waals surface area (Å²) in [4.78, 5) is 12.2. The van der Waals surface area contributed by atoms with Crippen molar-refractivity contribution in [1.82, 2.24) is 20.5 Å². The van der Waals surface area contributed by atoms with E-state index in [1.807, 2.05) is 0 Å². The average Bonchev–Trinajstić information content (AvgIpc) is 3.29. The molecule has 0 radical (unpaired) electrons. The molecule has 0 amide bonds. The van der Waals surface area contributed by atoms with Gasteiger partial charge in [-0.25, -0.2) is 9.98 Å². The Morgan fingerprint density at radius 1 is 1.17 bits per heavy atom. The first-order valence-corrected chi connectivity index (χ1v) is 11.9. The van der Waals surface area contributed by atoms with E-state index in [-0.39, 0.29) is 24.0 Å². The molecule has 2 N–H and O–H groups in total. The van der Waals surface area contributed by atoms with Crippen LogP contribution >= 0.6 is 35.3 Å². The van der Waals surface area contributed by atoms with Gasteiger partial charge in [-0.2, -0.15) is 0 Å². The van der Waals surface area contributed by atoms with Crippen molar-refractivity contribution in [1.29, 1.82) is 0 Å². The number of piperidine rings is 1. The van der Waals surface area contributed by atoms with Gasteiger partial charge in [0.2, 0.25) is 0 Å². The molecule has 5 nitrogen and oxygen atoms in total. The molecular weight excluding hydrogens is 505 g/mol. The summed E-state index contributed by atoms with van der Waals surface area (Å²) in [7, 11) is 0. The molecule has 2 aromatic rings. The highest BCUT2D eigenvalue weighted by Gasteiger charge is 2.40. The third-order valence-electron chi connectivity index (χ3n) is 6.08. The van der Waals surface area contributed by atoms with Gasteiger partial charge >= 0.3 is 0 Å². The molecule has 2 aliphatic heterocycles. The molecule has 30 heavy (non-hydrogen) atoms. The number of guanidine groups is 1. The summed E-state index contributed by atoms with van der Waals surface area (Å²) in [5.41, 5.74) is 2.50. The Bertz CT molecular complexity index is 795. The van der Waals surface area contributed by atoms with Crippen molar-refractivity contribution in [3.8, 4) is 0 Å². The highest BCUT2D eigenvalue weighted by Crippen LogP contribution is 2.36. The number of aryl methyl sites for hydroxylation is 1. The summed E-state index contributed by atoms with van der Waals surface area (Å²) in [6.45, 7) is 6.88. The maximum Gasteiger partial charge on any atom is 0.191 e. The van der Waals surface area contributed by atoms with Crippen molar-refractivity contribution < 1.29 is 0 Å². The highest BCUT2D eigenvalue weighted by molar-refractivity contribution is 14.0. The topological polar surface area (TPSA) is 52.6 Å². The Kier molecular flexibility index (Phi) is 8.95. The number of hydrogen-bond donors (Lipinski definition) is 2. The van der Waals surface area contributed by atoms with Crippen LogP contribution < -0.4 is 10.6 Å². The molecule has 4 rings (SSSR count). The molecule has 3 heterocycles. The zero-order chi connectivity index (χ0) is 20.1. The minimum Gasteiger partial charge on any atom is -0.357 e. The predicted molar refractivity (Wildman–Crippen MR) is 137 cm³/mol. The summed E-state index contributed by atoms with van der Waals surface area (Å²) in [6.07, 6.45) is 6.04. The Balaban J connectivity index is 0.00000256. The third-order valence-corrected chi connectivity index (χ3v) is 7.12. The maximum atomic E-state index is 4.81. The molecule has 0 spiro atoms. The summed E-state index contributed by atoms with van der Waals surface area (Å²) in [5, 5.41) is 10.5. The second-order valence-corrected chi connectivity index (χ2v) is 9.08. The normalized spacial score (nSPS) is 23.8. The average molecular weight is 540 g/mol. The fourth-order valence-corrected chi connectivity index (χ4v) is 5.44. The van der Waals surface area contributed by atoms with Crippen LogP contribution in [0.2, 0.25) is 0 Å². The highest BCUT2D eigenvalue weighted by atomic mass is 127. The van der Waals surface area contributed by atoms with Gasteiger partial charge in [0.05, 0.1) is 17.2 Å². The zero-order valence-corrected chi connectivity index (χ0v) is 21.2. The fraction of sp³-hybridized carbons (Fsp3) is 0.565. The first-order chi connectivity index (χ1) is 14.2. The van der Waals surface area contributed by atoms with Gasteiger partial charge in [0, 0.05) is 36.6 Å². The molecule has 2 atom stereocenters. The number of nitrogens with zero attached hydrogens (tertiary/aromatic N) is 3. The van der Waals surface area contributed by atoms with Gasteiger partial charge < -0.3 is 10.6 Å². The van der Waals surface area contributed by atoms with Crippen LogP contribution in [0, 0.1) is 0 Å². The van der Waals surface area contributed by atoms with E-state index in [0.29, 0.717) is 24.7 Å². The van der Waals surface area contributed by atoms with E-state index < -0.39 is 0 Å². The van der Waals surface area contributed by atoms with E-state index in [2.05, 4.69) is 70.1 Å². The van der Waals surface area contributed by atoms with E-state index in [1.165, 1.54) is 36.3 Å². The monoisotopic (exact) mass is 539 g/mol. The van der Waals surface area contributed by atoms with E-state index in [4.69, 9.17) is 4.99 Å². The number of fused-ring (bicyclic) bond motifs is 2. The van der Waals surface area contributed by atoms with Crippen molar-refractivity contribution in [2.24, 2.45) is 4.99 Å². The SMILES string of the molecule is CCNC(=NCc1csc(CC)n1)NC1CC2CCC(C1)N2Cc1ccccc1.I. The molecule has 1 aromatic heterocycles. The smallest absolute Gasteiger partial charge is 0.191 e. The van der Waals surface area contributed by atoms with Gasteiger partial charge in [0.25, 0.3) is 0 Å². The zero-order valence-electron chi connectivity index (χ0n) is 18.0. The van der Waals surface area contributed by atoms with E-state index in [1.54, 1.807) is 11.3 Å². The molecule has 0 saturated carbocycles. The van der Waals surface area contributed by atoms with E-state index in [9.17, 15) is 0 Å². The molecule has 7 heteroatoms. The Morgan fingerprint density at radius 3 is 2.53 bits per heavy atom. The van der Waals surface area contributed by atoms with Crippen molar-refractivity contribution >= 4 is 41.3 Å². The van der Waals surface area contributed by atoms with Crippen LogP contribution in [0.4, 0.5) is 0 Å². The molecule has 0 aliphatic carbocycles. The minimum atomic E-state index is 0. The van der Waals surface area contributed by atoms with Crippen molar-refractivity contribution in [2.75, 3.05) is 6.54 Å². The van der Waals surface area contributed by atoms with E-state index in [0.717, 1.165) is 31.2 Å². The Morgan fingerprint density at radius 2 is 1.90 bits per heavy atom. The van der Waals surface area contributed by atoms with Gasteiger partial charge in [-0.05, 0) is 44.6 Å². The second-order valence-electron chi connectivity index (χ2n) is 8.14. The van der Waals surface area contributed by atoms with Crippen LogP contribution in [-0.4, -0.2) is 40.5 Å². The lowest BCUT2D eigenvalue weighted by atomic mass is 9.96. The molecule has 2 unspecified atom stereocenters. The molecule has 2 aliphatic rings. The van der Waals surface area contributed by atoms with Gasteiger partial charge in [-0.3, -0.25) is 4.90 Å². The standard InChI is InChI=1S/C23H33N5S.HI/c1-3-22-26-19(16-29-22)14-25-23(24-4-2)27-18-12-20-10-11-21(13-18)28(20)15-17-8-6-5-7-9-17;/h5-9,16,18,20-21H,3-4,10-15H2,1-2H3,(H2,24,25,27);1H. The van der Waals surface area contributed by atoms with Crippen molar-refractivity contribution in [2.45, 2.75) is 77.2 Å². The number of aromatic nitrogens is 1. The van der Waals surface area contributed by atoms with Crippen LogP contribution in [0.15, 0.2) is 40.7 Å². The minimum absolute atomic E-state index is 0. The molecular formula is C23H34IN5S. The molecule has 2 saturated heterocycles. The number of rotatable bonds is 7. The fourth-order valence-electron chi connectivity index (χ4n) is 4.70. The van der Waals surface area contributed by atoms with Crippen molar-refractivity contribution in [3.05, 3.63) is 52.0 Å². The summed E-state index contributed by atoms with van der Waals surface area (Å²) in [6, 6.07) is 12.8. The number of thiazole rings is 1. The van der Waals surface area contributed by atoms with Crippen molar-refractivity contribution in [3.63, 3.8) is 0 Å². The van der Waals surface area contributed by atoms with Gasteiger partial charge in [0.15, 0.2) is 5.96 Å². The van der Waals surface area contributed by atoms with Crippen LogP contribution in [-0.2, 0) is 19.5 Å². The maximum absolute atomic E-state index is 4.81. The van der Waals surface area contributed by atoms with Crippen LogP contribution in [0.1, 0.15) is 55.8 Å². The molecule has 2 bridgehead atoms. The van der Waals surface area contributed by atoms with Crippen LogP contribution in [0.25, 0.3) is 0 Å². The molecule has 1 aromatic carbocycles. The first-order valence-electron chi connectivity index (χ1n) is 11.0. The summed E-state index contributed by atoms with van der Waals surface area (Å²) >= 11 is 1.73. The largest absolute Gasteiger partial charge is 0.357 e. The number of benzene rings is 1. The lowest BCUT2D eigenvalue weighted by molar-refractivity contribution is 0.114. The van der Waals surface area contributed by atoms with Gasteiger partial charge in [-0.1, -0.05) is 37.3 Å². The van der Waals surface area contributed by atoms with Crippen LogP contribution in [0.3, 0.4) is 0 Å². The lowest BCUT2D eigenvalue weighted by Crippen LogP contribution is -2.52. The van der Waals surface area contributed by atoms with E-state index >= 15 is 0 Å². The number of halogens is 1. The Labute approximate surface area is 201 Å². The Hall–Kier alpha value is -1.19. The number of aliphatic imine (C=N–C) groups is 1. The number of nitrogens with one attached hydrogen (secondary N) is 2. The third kappa shape index (κ3) is 5.95. The molecule has 164 valence electrons. The summed E-state index contributed by atoms with van der Waals surface area (Å²) < 4.78 is 0. The second kappa shape index (κ2) is 11.4. The number of hydrogen-bond acceptors (Lipinski definition) is 4. The quantitative estimate of drug-likeness (QED) is 0.308. The summed E-state index contributed by atoms with van der Waals surface area (Å²) in [5.74, 6) is 0.930. The first kappa shape index (κ1) is 23.5. The molecule has 2 fully saturated rings.